The van der Waals surface area contributed by atoms with Crippen LogP contribution in [0.25, 0.3) is 11.1 Å². The second kappa shape index (κ2) is 10.3. The van der Waals surface area contributed by atoms with E-state index in [2.05, 4.69) is 61.4 Å². The first-order valence-electron chi connectivity index (χ1n) is 7.73. The smallest absolute Gasteiger partial charge is 0.0605 e. The second-order valence-electron chi connectivity index (χ2n) is 5.09. The van der Waals surface area contributed by atoms with Crippen LogP contribution in [0, 0.1) is 11.8 Å². The molecule has 0 amide bonds. The molecule has 0 N–H and O–H groups in total. The fraction of sp³-hybridized carbons (Fsp3) is 0.474. The fourth-order valence-electron chi connectivity index (χ4n) is 1.94. The number of hydrogen-bond donors (Lipinski definition) is 0. The van der Waals surface area contributed by atoms with Gasteiger partial charge in [-0.1, -0.05) is 63.3 Å². The summed E-state index contributed by atoms with van der Waals surface area (Å²) < 4.78 is 0. The summed E-state index contributed by atoms with van der Waals surface area (Å²) in [5, 5.41) is 0. The third-order valence-electron chi connectivity index (χ3n) is 3.28. The van der Waals surface area contributed by atoms with Gasteiger partial charge in [0.05, 0.1) is 6.54 Å². The van der Waals surface area contributed by atoms with Crippen molar-refractivity contribution in [2.24, 2.45) is 0 Å². The Balaban J connectivity index is 0.000000267. The predicted molar refractivity (Wildman–Crippen MR) is 89.7 cm³/mol. The first kappa shape index (κ1) is 16.5. The highest BCUT2D eigenvalue weighted by Crippen LogP contribution is 2.32. The number of allylic oxidation sites excluding steroid dienone is 1. The minimum absolute atomic E-state index is 0.895. The van der Waals surface area contributed by atoms with E-state index in [4.69, 9.17) is 0 Å². The summed E-state index contributed by atoms with van der Waals surface area (Å²) in [6, 6.07) is 8.48. The van der Waals surface area contributed by atoms with Crippen molar-refractivity contribution < 1.29 is 0 Å². The summed E-state index contributed by atoms with van der Waals surface area (Å²) in [6.07, 6.45) is 6.74. The first-order chi connectivity index (χ1) is 9.81. The summed E-state index contributed by atoms with van der Waals surface area (Å²) in [4.78, 5) is 2.43. The van der Waals surface area contributed by atoms with Crippen LogP contribution in [-0.2, 0) is 0 Å². The normalized spacial score (nSPS) is 10.2. The van der Waals surface area contributed by atoms with Crippen molar-refractivity contribution in [1.29, 1.82) is 0 Å². The van der Waals surface area contributed by atoms with Crippen LogP contribution in [0.2, 0.25) is 0 Å². The molecule has 20 heavy (non-hydrogen) atoms. The summed E-state index contributed by atoms with van der Waals surface area (Å²) in [6.45, 7) is 11.3. The van der Waals surface area contributed by atoms with Crippen LogP contribution in [0.4, 0.5) is 0 Å². The Morgan fingerprint density at radius 1 is 1.10 bits per heavy atom. The van der Waals surface area contributed by atoms with E-state index in [0.29, 0.717) is 0 Å². The lowest BCUT2D eigenvalue weighted by Gasteiger charge is -2.18. The SMILES string of the molecule is C=CC#CCN(CCCC)CCCC.c1cc2cc-2c1. The van der Waals surface area contributed by atoms with Crippen molar-refractivity contribution in [3.8, 4) is 23.0 Å². The van der Waals surface area contributed by atoms with Crippen LogP contribution in [0.15, 0.2) is 36.9 Å². The third-order valence-corrected chi connectivity index (χ3v) is 3.28. The van der Waals surface area contributed by atoms with Crippen LogP contribution < -0.4 is 0 Å². The quantitative estimate of drug-likeness (QED) is 0.656. The monoisotopic (exact) mass is 269 g/mol. The van der Waals surface area contributed by atoms with Gasteiger partial charge in [0.2, 0.25) is 0 Å². The number of nitrogens with zero attached hydrogens (tertiary/aromatic N) is 1. The Hall–Kier alpha value is -1.52. The van der Waals surface area contributed by atoms with E-state index >= 15 is 0 Å². The van der Waals surface area contributed by atoms with Gasteiger partial charge in [-0.15, -0.1) is 0 Å². The number of fused-ring (bicyclic) bond motifs is 1. The Morgan fingerprint density at radius 2 is 1.70 bits per heavy atom. The molecule has 0 atom stereocenters. The molecule has 0 radical (unpaired) electrons. The maximum Gasteiger partial charge on any atom is 0.0605 e. The summed E-state index contributed by atoms with van der Waals surface area (Å²) in [5.41, 5.74) is 2.85. The molecule has 0 aliphatic heterocycles. The molecule has 108 valence electrons. The average Bonchev–Trinajstić information content (AvgIpc) is 3.08. The Morgan fingerprint density at radius 3 is 2.05 bits per heavy atom. The Bertz CT molecular complexity index is 425. The maximum atomic E-state index is 3.59. The van der Waals surface area contributed by atoms with Crippen molar-refractivity contribution in [2.75, 3.05) is 19.6 Å². The van der Waals surface area contributed by atoms with Crippen LogP contribution in [0.1, 0.15) is 39.5 Å². The zero-order valence-corrected chi connectivity index (χ0v) is 13.0. The van der Waals surface area contributed by atoms with Gasteiger partial charge in [-0.3, -0.25) is 4.90 Å². The standard InChI is InChI=1S/C13H23N.C6H4/c1-4-7-10-13-14(11-8-5-2)12-9-6-3;1-2-5-4-6(5)3-1/h4H,1,5-6,8-9,11-13H2,2-3H3;1-4H. The minimum atomic E-state index is 0.895. The van der Waals surface area contributed by atoms with Crippen molar-refractivity contribution in [3.05, 3.63) is 36.9 Å². The number of rotatable bonds is 7. The van der Waals surface area contributed by atoms with Gasteiger partial charge in [-0.05, 0) is 49.2 Å². The molecule has 0 spiro atoms. The molecule has 2 rings (SSSR count). The predicted octanol–water partition coefficient (Wildman–Crippen LogP) is 4.75. The van der Waals surface area contributed by atoms with E-state index in [-0.39, 0.29) is 0 Å². The molecule has 0 heterocycles. The Kier molecular flexibility index (Phi) is 8.51. The van der Waals surface area contributed by atoms with Gasteiger partial charge < -0.3 is 0 Å². The van der Waals surface area contributed by atoms with Crippen molar-refractivity contribution in [3.63, 3.8) is 0 Å². The lowest BCUT2D eigenvalue weighted by molar-refractivity contribution is 0.296. The number of hydrogen-bond acceptors (Lipinski definition) is 1. The van der Waals surface area contributed by atoms with Crippen LogP contribution >= 0.6 is 0 Å². The van der Waals surface area contributed by atoms with Gasteiger partial charge in [0.15, 0.2) is 0 Å². The van der Waals surface area contributed by atoms with E-state index in [0.717, 1.165) is 6.54 Å². The minimum Gasteiger partial charge on any atom is -0.292 e. The zero-order chi connectivity index (χ0) is 14.6. The molecule has 0 saturated carbocycles. The van der Waals surface area contributed by atoms with E-state index in [1.54, 1.807) is 6.08 Å². The molecule has 0 unspecified atom stereocenters. The summed E-state index contributed by atoms with van der Waals surface area (Å²) in [5.74, 6) is 6.01. The zero-order valence-electron chi connectivity index (χ0n) is 13.0. The van der Waals surface area contributed by atoms with E-state index in [9.17, 15) is 0 Å². The number of benzene rings is 1. The van der Waals surface area contributed by atoms with Gasteiger partial charge in [-0.2, -0.15) is 0 Å². The molecule has 0 fully saturated rings. The van der Waals surface area contributed by atoms with Crippen LogP contribution in [-0.4, -0.2) is 24.5 Å². The lowest BCUT2D eigenvalue weighted by Crippen LogP contribution is -2.26. The van der Waals surface area contributed by atoms with Gasteiger partial charge in [0.25, 0.3) is 0 Å². The van der Waals surface area contributed by atoms with Crippen LogP contribution in [0.5, 0.6) is 0 Å². The van der Waals surface area contributed by atoms with Gasteiger partial charge in [0.1, 0.15) is 0 Å². The molecule has 1 heteroatoms. The molecule has 2 aliphatic rings. The summed E-state index contributed by atoms with van der Waals surface area (Å²) in [7, 11) is 0. The second-order valence-corrected chi connectivity index (χ2v) is 5.09. The topological polar surface area (TPSA) is 3.24 Å². The van der Waals surface area contributed by atoms with Crippen LogP contribution in [0.3, 0.4) is 0 Å². The highest BCUT2D eigenvalue weighted by atomic mass is 15.1. The fourth-order valence-corrected chi connectivity index (χ4v) is 1.94. The highest BCUT2D eigenvalue weighted by Gasteiger charge is 2.07. The van der Waals surface area contributed by atoms with E-state index in [1.165, 1.54) is 49.9 Å². The molecule has 0 aromatic rings. The van der Waals surface area contributed by atoms with Gasteiger partial charge >= 0.3 is 0 Å². The highest BCUT2D eigenvalue weighted by molar-refractivity contribution is 5.80. The van der Waals surface area contributed by atoms with Crippen molar-refractivity contribution >= 4 is 0 Å². The molecule has 0 bridgehead atoms. The molecular formula is C19H27N. The average molecular weight is 269 g/mol. The number of unbranched alkanes of at least 4 members (excludes halogenated alkanes) is 2. The lowest BCUT2D eigenvalue weighted by atomic mass is 10.2. The first-order valence-corrected chi connectivity index (χ1v) is 7.73. The van der Waals surface area contributed by atoms with E-state index < -0.39 is 0 Å². The van der Waals surface area contributed by atoms with Crippen molar-refractivity contribution in [1.82, 2.24) is 4.90 Å². The summed E-state index contributed by atoms with van der Waals surface area (Å²) >= 11 is 0. The molecule has 0 aromatic heterocycles. The largest absolute Gasteiger partial charge is 0.292 e. The van der Waals surface area contributed by atoms with Gasteiger partial charge in [0, 0.05) is 0 Å². The van der Waals surface area contributed by atoms with Crippen molar-refractivity contribution in [2.45, 2.75) is 39.5 Å². The molecule has 0 aromatic carbocycles. The van der Waals surface area contributed by atoms with E-state index in [1.807, 2.05) is 0 Å². The molecule has 1 nitrogen and oxygen atoms in total. The maximum absolute atomic E-state index is 3.59. The molecule has 0 saturated heterocycles. The molecular weight excluding hydrogens is 242 g/mol. The molecule has 2 aliphatic carbocycles. The Labute approximate surface area is 124 Å². The van der Waals surface area contributed by atoms with Gasteiger partial charge in [-0.25, -0.2) is 0 Å². The third kappa shape index (κ3) is 7.16.